The van der Waals surface area contributed by atoms with Crippen LogP contribution in [0.15, 0.2) is 48.5 Å². The molecule has 0 unspecified atom stereocenters. The lowest BCUT2D eigenvalue weighted by Crippen LogP contribution is -2.16. The molecule has 0 aliphatic rings. The number of Topliss-reactive ketones (excluding diaryl/α,β-unsaturated/α-hetero) is 1. The van der Waals surface area contributed by atoms with Crippen LogP contribution in [-0.2, 0) is 11.3 Å². The first-order valence-electron chi connectivity index (χ1n) is 9.45. The van der Waals surface area contributed by atoms with Crippen LogP contribution < -0.4 is 9.47 Å². The molecule has 7 nitrogen and oxygen atoms in total. The molecule has 0 spiro atoms. The number of hydrogen-bond donors (Lipinski definition) is 0. The molecule has 0 aliphatic carbocycles. The van der Waals surface area contributed by atoms with Crippen LogP contribution in [-0.4, -0.2) is 42.4 Å². The molecule has 1 aromatic heterocycles. The average molecular weight is 408 g/mol. The van der Waals surface area contributed by atoms with Crippen molar-refractivity contribution in [2.75, 3.05) is 20.8 Å². The Bertz CT molecular complexity index is 1060. The second kappa shape index (κ2) is 9.26. The number of carbonyl (C=O) groups excluding carboxylic acids is 2. The number of rotatable bonds is 8. The Morgan fingerprint density at radius 2 is 1.67 bits per heavy atom. The number of aromatic nitrogens is 2. The molecule has 3 aromatic rings. The molecule has 3 rings (SSSR count). The number of hydrogen-bond acceptors (Lipinski definition) is 6. The molecule has 0 amide bonds. The van der Waals surface area contributed by atoms with E-state index < -0.39 is 5.97 Å². The van der Waals surface area contributed by atoms with Gasteiger partial charge in [-0.05, 0) is 37.6 Å². The molecule has 0 atom stereocenters. The number of benzene rings is 2. The maximum absolute atomic E-state index is 12.6. The molecule has 0 N–H and O–H groups in total. The van der Waals surface area contributed by atoms with E-state index >= 15 is 0 Å². The molecule has 1 heterocycles. The third-order valence-electron chi connectivity index (χ3n) is 4.80. The van der Waals surface area contributed by atoms with Crippen LogP contribution in [0.5, 0.6) is 11.5 Å². The monoisotopic (exact) mass is 408 g/mol. The molecule has 0 bridgehead atoms. The zero-order chi connectivity index (χ0) is 21.7. The van der Waals surface area contributed by atoms with Crippen molar-refractivity contribution in [1.82, 2.24) is 9.78 Å². The zero-order valence-electron chi connectivity index (χ0n) is 17.5. The fraction of sp³-hybridized carbons (Fsp3) is 0.261. The molecular weight excluding hydrogens is 384 g/mol. The fourth-order valence-corrected chi connectivity index (χ4v) is 3.20. The molecule has 0 saturated carbocycles. The van der Waals surface area contributed by atoms with Gasteiger partial charge in [-0.25, -0.2) is 4.79 Å². The zero-order valence-corrected chi connectivity index (χ0v) is 17.5. The highest BCUT2D eigenvalue weighted by atomic mass is 16.5. The minimum atomic E-state index is -0.571. The lowest BCUT2D eigenvalue weighted by atomic mass is 10.1. The standard InChI is InChI=1S/C23H24N2O5/c1-15-22(16(2)25(24-15)13-17-8-6-5-7-9-17)23(27)30-14-19(26)18-10-11-20(28-3)21(12-18)29-4/h5-12H,13-14H2,1-4H3. The van der Waals surface area contributed by atoms with Crippen molar-refractivity contribution in [3.63, 3.8) is 0 Å². The molecule has 0 radical (unpaired) electrons. The lowest BCUT2D eigenvalue weighted by molar-refractivity contribution is 0.0473. The van der Waals surface area contributed by atoms with Gasteiger partial charge in [-0.2, -0.15) is 5.10 Å². The Balaban J connectivity index is 1.70. The van der Waals surface area contributed by atoms with Gasteiger partial charge in [0.05, 0.1) is 32.2 Å². The minimum Gasteiger partial charge on any atom is -0.493 e. The molecule has 7 heteroatoms. The summed E-state index contributed by atoms with van der Waals surface area (Å²) in [6.45, 7) is 3.74. The van der Waals surface area contributed by atoms with Crippen LogP contribution in [0.1, 0.15) is 37.7 Å². The van der Waals surface area contributed by atoms with Gasteiger partial charge in [0.15, 0.2) is 23.9 Å². The molecule has 156 valence electrons. The van der Waals surface area contributed by atoms with Gasteiger partial charge in [0.2, 0.25) is 0 Å². The van der Waals surface area contributed by atoms with E-state index in [-0.39, 0.29) is 12.4 Å². The SMILES string of the molecule is COc1ccc(C(=O)COC(=O)c2c(C)nn(Cc3ccccc3)c2C)cc1OC. The molecule has 0 saturated heterocycles. The van der Waals surface area contributed by atoms with Crippen LogP contribution in [0.4, 0.5) is 0 Å². The molecule has 0 fully saturated rings. The van der Waals surface area contributed by atoms with E-state index in [4.69, 9.17) is 14.2 Å². The predicted molar refractivity (Wildman–Crippen MR) is 111 cm³/mol. The topological polar surface area (TPSA) is 79.7 Å². The number of carbonyl (C=O) groups is 2. The lowest BCUT2D eigenvalue weighted by Gasteiger charge is -2.09. The summed E-state index contributed by atoms with van der Waals surface area (Å²) < 4.78 is 17.4. The Hall–Kier alpha value is -3.61. The molecular formula is C23H24N2O5. The van der Waals surface area contributed by atoms with Crippen molar-refractivity contribution in [1.29, 1.82) is 0 Å². The van der Waals surface area contributed by atoms with E-state index in [1.54, 1.807) is 29.8 Å². The molecule has 0 aliphatic heterocycles. The van der Waals surface area contributed by atoms with Crippen molar-refractivity contribution >= 4 is 11.8 Å². The van der Waals surface area contributed by atoms with Crippen molar-refractivity contribution in [2.24, 2.45) is 0 Å². The number of methoxy groups -OCH3 is 2. The Kier molecular flexibility index (Phi) is 6.51. The van der Waals surface area contributed by atoms with Crippen LogP contribution in [0.25, 0.3) is 0 Å². The highest BCUT2D eigenvalue weighted by Crippen LogP contribution is 2.27. The summed E-state index contributed by atoms with van der Waals surface area (Å²) in [6, 6.07) is 14.6. The molecule has 2 aromatic carbocycles. The number of ether oxygens (including phenoxy) is 3. The van der Waals surface area contributed by atoms with E-state index in [1.165, 1.54) is 14.2 Å². The first-order chi connectivity index (χ1) is 14.4. The highest BCUT2D eigenvalue weighted by molar-refractivity contribution is 6.00. The normalized spacial score (nSPS) is 10.5. The quantitative estimate of drug-likeness (QED) is 0.419. The summed E-state index contributed by atoms with van der Waals surface area (Å²) in [5.41, 5.74) is 3.08. The third kappa shape index (κ3) is 4.51. The summed E-state index contributed by atoms with van der Waals surface area (Å²) in [5.74, 6) is 0.0427. The van der Waals surface area contributed by atoms with Crippen molar-refractivity contribution < 1.29 is 23.8 Å². The van der Waals surface area contributed by atoms with Crippen molar-refractivity contribution in [3.05, 3.63) is 76.6 Å². The Morgan fingerprint density at radius 1 is 0.967 bits per heavy atom. The number of esters is 1. The van der Waals surface area contributed by atoms with E-state index in [9.17, 15) is 9.59 Å². The van der Waals surface area contributed by atoms with Crippen LogP contribution in [0.3, 0.4) is 0 Å². The molecule has 30 heavy (non-hydrogen) atoms. The van der Waals surface area contributed by atoms with Gasteiger partial charge in [-0.3, -0.25) is 9.48 Å². The average Bonchev–Trinajstić information content (AvgIpc) is 3.04. The van der Waals surface area contributed by atoms with E-state index in [0.717, 1.165) is 5.56 Å². The summed E-state index contributed by atoms with van der Waals surface area (Å²) >= 11 is 0. The number of nitrogens with zero attached hydrogens (tertiary/aromatic N) is 2. The van der Waals surface area contributed by atoms with E-state index in [0.29, 0.717) is 40.6 Å². The van der Waals surface area contributed by atoms with Gasteiger partial charge in [0.1, 0.15) is 5.56 Å². The van der Waals surface area contributed by atoms with Crippen LogP contribution in [0.2, 0.25) is 0 Å². The maximum atomic E-state index is 12.6. The Morgan fingerprint density at radius 3 is 2.33 bits per heavy atom. The van der Waals surface area contributed by atoms with Crippen LogP contribution >= 0.6 is 0 Å². The summed E-state index contributed by atoms with van der Waals surface area (Å²) in [7, 11) is 3.01. The number of aryl methyl sites for hydroxylation is 1. The predicted octanol–water partition coefficient (Wildman–Crippen LogP) is 3.61. The van der Waals surface area contributed by atoms with E-state index in [2.05, 4.69) is 5.10 Å². The number of ketones is 1. The van der Waals surface area contributed by atoms with Gasteiger partial charge in [-0.15, -0.1) is 0 Å². The smallest absolute Gasteiger partial charge is 0.342 e. The second-order valence-electron chi connectivity index (χ2n) is 6.76. The Labute approximate surface area is 175 Å². The van der Waals surface area contributed by atoms with Gasteiger partial charge in [0, 0.05) is 5.56 Å². The van der Waals surface area contributed by atoms with Gasteiger partial charge in [0.25, 0.3) is 0 Å². The third-order valence-corrected chi connectivity index (χ3v) is 4.80. The van der Waals surface area contributed by atoms with Crippen molar-refractivity contribution in [3.8, 4) is 11.5 Å². The largest absolute Gasteiger partial charge is 0.493 e. The maximum Gasteiger partial charge on any atom is 0.342 e. The summed E-state index contributed by atoms with van der Waals surface area (Å²) in [4.78, 5) is 25.1. The van der Waals surface area contributed by atoms with E-state index in [1.807, 2.05) is 37.3 Å². The summed E-state index contributed by atoms with van der Waals surface area (Å²) in [5, 5.41) is 4.45. The highest BCUT2D eigenvalue weighted by Gasteiger charge is 2.21. The summed E-state index contributed by atoms with van der Waals surface area (Å²) in [6.07, 6.45) is 0. The van der Waals surface area contributed by atoms with Gasteiger partial charge < -0.3 is 14.2 Å². The van der Waals surface area contributed by atoms with Crippen molar-refractivity contribution in [2.45, 2.75) is 20.4 Å². The van der Waals surface area contributed by atoms with Crippen LogP contribution in [0, 0.1) is 13.8 Å². The minimum absolute atomic E-state index is 0.337. The second-order valence-corrected chi connectivity index (χ2v) is 6.76. The first-order valence-corrected chi connectivity index (χ1v) is 9.45. The van der Waals surface area contributed by atoms with Gasteiger partial charge >= 0.3 is 5.97 Å². The fourth-order valence-electron chi connectivity index (χ4n) is 3.20. The first kappa shape index (κ1) is 21.1. The van der Waals surface area contributed by atoms with Gasteiger partial charge in [-0.1, -0.05) is 30.3 Å².